The van der Waals surface area contributed by atoms with Gasteiger partial charge >= 0.3 is 0 Å². The summed E-state index contributed by atoms with van der Waals surface area (Å²) in [7, 11) is 0. The first-order chi connectivity index (χ1) is 13.1. The van der Waals surface area contributed by atoms with E-state index in [1.165, 1.54) is 0 Å². The van der Waals surface area contributed by atoms with Crippen molar-refractivity contribution in [3.8, 4) is 5.82 Å². The van der Waals surface area contributed by atoms with E-state index in [9.17, 15) is 5.11 Å². The normalized spacial score (nSPS) is 13.0. The summed E-state index contributed by atoms with van der Waals surface area (Å²) in [5.74, 6) is 2.62. The molecule has 1 atom stereocenters. The van der Waals surface area contributed by atoms with Crippen LogP contribution < -0.4 is 10.6 Å². The number of pyridine rings is 1. The largest absolute Gasteiger partial charge is 0.396 e. The SMILES string of the molecule is CCNC(=NCc1ccnc(-n2cccn2)c1)NCC(CCO)CC(C)C. The number of aromatic nitrogens is 3. The quantitative estimate of drug-likeness (QED) is 0.440. The molecule has 3 N–H and O–H groups in total. The van der Waals surface area contributed by atoms with Crippen molar-refractivity contribution < 1.29 is 5.11 Å². The van der Waals surface area contributed by atoms with Crippen LogP contribution in [0.2, 0.25) is 0 Å². The average Bonchev–Trinajstić information content (AvgIpc) is 3.18. The first-order valence-corrected chi connectivity index (χ1v) is 9.70. The molecule has 0 bridgehead atoms. The van der Waals surface area contributed by atoms with E-state index >= 15 is 0 Å². The third-order valence-electron chi connectivity index (χ3n) is 4.21. The summed E-state index contributed by atoms with van der Waals surface area (Å²) in [6.07, 6.45) is 7.28. The van der Waals surface area contributed by atoms with Gasteiger partial charge in [-0.1, -0.05) is 13.8 Å². The van der Waals surface area contributed by atoms with E-state index < -0.39 is 0 Å². The second-order valence-electron chi connectivity index (χ2n) is 7.06. The monoisotopic (exact) mass is 372 g/mol. The predicted molar refractivity (Wildman–Crippen MR) is 109 cm³/mol. The zero-order chi connectivity index (χ0) is 19.5. The minimum absolute atomic E-state index is 0.222. The van der Waals surface area contributed by atoms with Gasteiger partial charge in [-0.25, -0.2) is 14.7 Å². The first kappa shape index (κ1) is 20.9. The van der Waals surface area contributed by atoms with Crippen LogP contribution in [0.3, 0.4) is 0 Å². The summed E-state index contributed by atoms with van der Waals surface area (Å²) < 4.78 is 1.74. The zero-order valence-corrected chi connectivity index (χ0v) is 16.6. The average molecular weight is 373 g/mol. The molecule has 7 heteroatoms. The molecule has 0 amide bonds. The van der Waals surface area contributed by atoms with Gasteiger partial charge in [0.15, 0.2) is 11.8 Å². The molecule has 0 saturated heterocycles. The predicted octanol–water partition coefficient (Wildman–Crippen LogP) is 2.37. The second kappa shape index (κ2) is 11.3. The lowest BCUT2D eigenvalue weighted by Crippen LogP contribution is -2.40. The molecule has 0 saturated carbocycles. The number of rotatable bonds is 10. The van der Waals surface area contributed by atoms with Crippen molar-refractivity contribution in [1.29, 1.82) is 0 Å². The van der Waals surface area contributed by atoms with Gasteiger partial charge in [-0.05, 0) is 55.4 Å². The Labute approximate surface area is 161 Å². The molecular weight excluding hydrogens is 340 g/mol. The van der Waals surface area contributed by atoms with Crippen LogP contribution >= 0.6 is 0 Å². The van der Waals surface area contributed by atoms with Crippen LogP contribution in [0.1, 0.15) is 39.2 Å². The molecule has 0 aliphatic carbocycles. The van der Waals surface area contributed by atoms with E-state index in [1.54, 1.807) is 17.1 Å². The van der Waals surface area contributed by atoms with Gasteiger partial charge in [-0.2, -0.15) is 5.10 Å². The van der Waals surface area contributed by atoms with Crippen LogP contribution in [0.25, 0.3) is 5.82 Å². The zero-order valence-electron chi connectivity index (χ0n) is 16.6. The third kappa shape index (κ3) is 7.38. The Morgan fingerprint density at radius 1 is 1.30 bits per heavy atom. The van der Waals surface area contributed by atoms with Crippen LogP contribution in [0, 0.1) is 11.8 Å². The fraction of sp³-hybridized carbons (Fsp3) is 0.550. The van der Waals surface area contributed by atoms with Gasteiger partial charge in [-0.3, -0.25) is 0 Å². The van der Waals surface area contributed by atoms with Crippen molar-refractivity contribution in [2.24, 2.45) is 16.8 Å². The van der Waals surface area contributed by atoms with Crippen LogP contribution in [-0.4, -0.2) is 45.5 Å². The van der Waals surface area contributed by atoms with Crippen LogP contribution in [0.4, 0.5) is 0 Å². The summed E-state index contributed by atoms with van der Waals surface area (Å²) in [5.41, 5.74) is 1.07. The maximum absolute atomic E-state index is 9.29. The number of nitrogens with zero attached hydrogens (tertiary/aromatic N) is 4. The molecule has 0 fully saturated rings. The maximum atomic E-state index is 9.29. The summed E-state index contributed by atoms with van der Waals surface area (Å²) in [6, 6.07) is 5.83. The molecule has 0 spiro atoms. The Kier molecular flexibility index (Phi) is 8.77. The van der Waals surface area contributed by atoms with Gasteiger partial charge in [0.05, 0.1) is 6.54 Å². The minimum atomic E-state index is 0.222. The molecule has 0 aliphatic rings. The van der Waals surface area contributed by atoms with Gasteiger partial charge in [0.25, 0.3) is 0 Å². The molecule has 2 aromatic rings. The molecule has 148 valence electrons. The topological polar surface area (TPSA) is 87.4 Å². The van der Waals surface area contributed by atoms with Crippen LogP contribution in [-0.2, 0) is 6.54 Å². The molecule has 0 aliphatic heterocycles. The molecule has 0 radical (unpaired) electrons. The Balaban J connectivity index is 1.99. The number of aliphatic hydroxyl groups is 1. The number of aliphatic imine (C=N–C) groups is 1. The summed E-state index contributed by atoms with van der Waals surface area (Å²) in [6.45, 7) is 8.86. The van der Waals surface area contributed by atoms with Gasteiger partial charge in [0.1, 0.15) is 0 Å². The van der Waals surface area contributed by atoms with Crippen molar-refractivity contribution in [1.82, 2.24) is 25.4 Å². The van der Waals surface area contributed by atoms with Crippen molar-refractivity contribution >= 4 is 5.96 Å². The Bertz CT molecular complexity index is 684. The molecule has 2 heterocycles. The summed E-state index contributed by atoms with van der Waals surface area (Å²) >= 11 is 0. The van der Waals surface area contributed by atoms with Gasteiger partial charge in [0, 0.05) is 38.3 Å². The standard InChI is InChI=1S/C20H32N6O/c1-4-21-20(24-15-18(7-11-27)12-16(2)3)23-14-17-6-9-22-19(13-17)26-10-5-8-25-26/h5-6,8-10,13,16,18,27H,4,7,11-12,14-15H2,1-3H3,(H2,21,23,24). The van der Waals surface area contributed by atoms with E-state index in [1.807, 2.05) is 24.4 Å². The number of aliphatic hydroxyl groups excluding tert-OH is 1. The fourth-order valence-electron chi connectivity index (χ4n) is 2.99. The van der Waals surface area contributed by atoms with E-state index in [-0.39, 0.29) is 6.61 Å². The van der Waals surface area contributed by atoms with E-state index in [0.29, 0.717) is 18.4 Å². The van der Waals surface area contributed by atoms with Crippen molar-refractivity contribution in [2.75, 3.05) is 19.7 Å². The summed E-state index contributed by atoms with van der Waals surface area (Å²) in [4.78, 5) is 9.04. The Hall–Kier alpha value is -2.41. The molecule has 27 heavy (non-hydrogen) atoms. The van der Waals surface area contributed by atoms with Crippen molar-refractivity contribution in [3.63, 3.8) is 0 Å². The van der Waals surface area contributed by atoms with Gasteiger partial charge in [0.2, 0.25) is 0 Å². The van der Waals surface area contributed by atoms with E-state index in [4.69, 9.17) is 4.99 Å². The smallest absolute Gasteiger partial charge is 0.191 e. The molecule has 1 unspecified atom stereocenters. The van der Waals surface area contributed by atoms with Gasteiger partial charge in [-0.15, -0.1) is 0 Å². The molecular formula is C20H32N6O. The lowest BCUT2D eigenvalue weighted by molar-refractivity contribution is 0.243. The molecule has 0 aromatic carbocycles. The van der Waals surface area contributed by atoms with Crippen LogP contribution in [0.5, 0.6) is 0 Å². The van der Waals surface area contributed by atoms with E-state index in [2.05, 4.69) is 41.5 Å². The van der Waals surface area contributed by atoms with Crippen molar-refractivity contribution in [2.45, 2.75) is 40.2 Å². The highest BCUT2D eigenvalue weighted by molar-refractivity contribution is 5.79. The number of guanidine groups is 1. The molecule has 2 rings (SSSR count). The number of nitrogens with one attached hydrogen (secondary N) is 2. The molecule has 2 aromatic heterocycles. The number of hydrogen-bond acceptors (Lipinski definition) is 4. The van der Waals surface area contributed by atoms with Gasteiger partial charge < -0.3 is 15.7 Å². The molecule has 7 nitrogen and oxygen atoms in total. The maximum Gasteiger partial charge on any atom is 0.191 e. The number of hydrogen-bond donors (Lipinski definition) is 3. The van der Waals surface area contributed by atoms with Crippen LogP contribution in [0.15, 0.2) is 41.8 Å². The highest BCUT2D eigenvalue weighted by atomic mass is 16.3. The first-order valence-electron chi connectivity index (χ1n) is 9.70. The van der Waals surface area contributed by atoms with E-state index in [0.717, 1.165) is 43.3 Å². The third-order valence-corrected chi connectivity index (χ3v) is 4.21. The Morgan fingerprint density at radius 2 is 2.15 bits per heavy atom. The Morgan fingerprint density at radius 3 is 2.81 bits per heavy atom. The highest BCUT2D eigenvalue weighted by Gasteiger charge is 2.11. The lowest BCUT2D eigenvalue weighted by Gasteiger charge is -2.20. The fourth-order valence-corrected chi connectivity index (χ4v) is 2.99. The summed E-state index contributed by atoms with van der Waals surface area (Å²) in [5, 5.41) is 20.2. The minimum Gasteiger partial charge on any atom is -0.396 e. The second-order valence-corrected chi connectivity index (χ2v) is 7.06. The lowest BCUT2D eigenvalue weighted by atomic mass is 9.94. The highest BCUT2D eigenvalue weighted by Crippen LogP contribution is 2.14. The van der Waals surface area contributed by atoms with Crippen molar-refractivity contribution in [3.05, 3.63) is 42.4 Å².